The summed E-state index contributed by atoms with van der Waals surface area (Å²) in [7, 11) is 1.82. The molecule has 104 valence electrons. The molecule has 0 spiro atoms. The van der Waals surface area contributed by atoms with Crippen molar-refractivity contribution in [3.8, 4) is 0 Å². The van der Waals surface area contributed by atoms with Crippen molar-refractivity contribution in [1.29, 1.82) is 0 Å². The third kappa shape index (κ3) is 3.61. The molecule has 2 rings (SSSR count). The minimum Gasteiger partial charge on any atom is -0.399 e. The van der Waals surface area contributed by atoms with Gasteiger partial charge in [0.15, 0.2) is 0 Å². The number of hydrogen-bond acceptors (Lipinski definition) is 4. The Morgan fingerprint density at radius 3 is 2.37 bits per heavy atom. The number of nitrogens with zero attached hydrogens (tertiary/aromatic N) is 2. The van der Waals surface area contributed by atoms with E-state index in [1.54, 1.807) is 23.1 Å². The van der Waals surface area contributed by atoms with Gasteiger partial charge in [-0.1, -0.05) is 0 Å². The zero-order valence-corrected chi connectivity index (χ0v) is 11.4. The van der Waals surface area contributed by atoms with Crippen molar-refractivity contribution in [3.63, 3.8) is 0 Å². The van der Waals surface area contributed by atoms with E-state index >= 15 is 0 Å². The first-order valence-electron chi connectivity index (χ1n) is 6.70. The van der Waals surface area contributed by atoms with Gasteiger partial charge in [0.1, 0.15) is 0 Å². The van der Waals surface area contributed by atoms with Gasteiger partial charge in [-0.15, -0.1) is 0 Å². The highest BCUT2D eigenvalue weighted by atomic mass is 16.2. The summed E-state index contributed by atoms with van der Waals surface area (Å²) < 4.78 is 0. The zero-order chi connectivity index (χ0) is 13.8. The lowest BCUT2D eigenvalue weighted by Gasteiger charge is -2.21. The Morgan fingerprint density at radius 2 is 1.79 bits per heavy atom. The van der Waals surface area contributed by atoms with E-state index in [9.17, 15) is 4.79 Å². The topological polar surface area (TPSA) is 75.6 Å². The number of rotatable bonds is 4. The van der Waals surface area contributed by atoms with Crippen molar-refractivity contribution >= 4 is 17.3 Å². The van der Waals surface area contributed by atoms with Gasteiger partial charge in [0.05, 0.1) is 0 Å². The van der Waals surface area contributed by atoms with Crippen molar-refractivity contribution < 1.29 is 4.79 Å². The van der Waals surface area contributed by atoms with E-state index in [4.69, 9.17) is 11.5 Å². The molecule has 5 nitrogen and oxygen atoms in total. The number of anilines is 2. The number of carbonyl (C=O) groups excluding carboxylic acids is 1. The van der Waals surface area contributed by atoms with Crippen LogP contribution in [-0.4, -0.2) is 48.9 Å². The number of amides is 1. The molecule has 1 fully saturated rings. The number of nitrogens with two attached hydrogens (primary N) is 2. The summed E-state index contributed by atoms with van der Waals surface area (Å²) in [5.74, 6) is -0.0294. The predicted molar refractivity (Wildman–Crippen MR) is 77.9 cm³/mol. The summed E-state index contributed by atoms with van der Waals surface area (Å²) in [5, 5.41) is 0. The first kappa shape index (κ1) is 13.7. The van der Waals surface area contributed by atoms with Crippen molar-refractivity contribution in [3.05, 3.63) is 23.8 Å². The van der Waals surface area contributed by atoms with Gasteiger partial charge in [0, 0.05) is 37.1 Å². The maximum Gasteiger partial charge on any atom is 0.253 e. The number of likely N-dealkylation sites (N-methyl/N-ethyl adjacent to an activating group) is 1. The number of benzene rings is 1. The van der Waals surface area contributed by atoms with Crippen molar-refractivity contribution in [2.75, 3.05) is 44.7 Å². The third-order valence-corrected chi connectivity index (χ3v) is 3.52. The van der Waals surface area contributed by atoms with Gasteiger partial charge >= 0.3 is 0 Å². The lowest BCUT2D eigenvalue weighted by atomic mass is 10.1. The van der Waals surface area contributed by atoms with Gasteiger partial charge in [-0.2, -0.15) is 0 Å². The Hall–Kier alpha value is -1.75. The smallest absolute Gasteiger partial charge is 0.253 e. The molecule has 5 heteroatoms. The first-order chi connectivity index (χ1) is 9.06. The van der Waals surface area contributed by atoms with Crippen LogP contribution in [0.15, 0.2) is 18.2 Å². The normalized spacial score (nSPS) is 15.6. The van der Waals surface area contributed by atoms with Crippen LogP contribution in [-0.2, 0) is 0 Å². The molecule has 1 aliphatic heterocycles. The summed E-state index contributed by atoms with van der Waals surface area (Å²) in [6, 6.07) is 5.00. The fraction of sp³-hybridized carbons (Fsp3) is 0.500. The molecule has 0 bridgehead atoms. The Morgan fingerprint density at radius 1 is 1.21 bits per heavy atom. The molecule has 0 radical (unpaired) electrons. The summed E-state index contributed by atoms with van der Waals surface area (Å²) in [6.45, 7) is 3.95. The second kappa shape index (κ2) is 5.93. The number of hydrogen-bond donors (Lipinski definition) is 2. The highest BCUT2D eigenvalue weighted by Gasteiger charge is 2.16. The lowest BCUT2D eigenvalue weighted by Crippen LogP contribution is -2.35. The molecular formula is C14H22N4O. The van der Waals surface area contributed by atoms with Crippen LogP contribution in [0.3, 0.4) is 0 Å². The van der Waals surface area contributed by atoms with E-state index in [0.717, 1.165) is 26.2 Å². The highest BCUT2D eigenvalue weighted by molar-refractivity contribution is 5.95. The summed E-state index contributed by atoms with van der Waals surface area (Å²) in [6.07, 6.45) is 2.53. The SMILES string of the molecule is CN(CCN1CCCC1)C(=O)c1cc(N)cc(N)c1. The van der Waals surface area contributed by atoms with Gasteiger partial charge in [0.2, 0.25) is 0 Å². The molecule has 0 aromatic heterocycles. The Balaban J connectivity index is 1.93. The molecule has 1 aromatic rings. The maximum absolute atomic E-state index is 12.3. The van der Waals surface area contributed by atoms with Crippen LogP contribution < -0.4 is 11.5 Å². The van der Waals surface area contributed by atoms with Crippen LogP contribution in [0.2, 0.25) is 0 Å². The fourth-order valence-corrected chi connectivity index (χ4v) is 2.42. The van der Waals surface area contributed by atoms with E-state index in [2.05, 4.69) is 4.90 Å². The zero-order valence-electron chi connectivity index (χ0n) is 11.4. The van der Waals surface area contributed by atoms with E-state index in [1.165, 1.54) is 12.8 Å². The third-order valence-electron chi connectivity index (χ3n) is 3.52. The van der Waals surface area contributed by atoms with E-state index in [1.807, 2.05) is 7.05 Å². The average molecular weight is 262 g/mol. The van der Waals surface area contributed by atoms with Gasteiger partial charge in [-0.3, -0.25) is 4.79 Å². The van der Waals surface area contributed by atoms with Crippen LogP contribution >= 0.6 is 0 Å². The minimum absolute atomic E-state index is 0.0294. The quantitative estimate of drug-likeness (QED) is 0.794. The molecule has 0 aliphatic carbocycles. The van der Waals surface area contributed by atoms with Crippen molar-refractivity contribution in [2.24, 2.45) is 0 Å². The van der Waals surface area contributed by atoms with Gasteiger partial charge in [-0.25, -0.2) is 0 Å². The molecular weight excluding hydrogens is 240 g/mol. The molecule has 0 saturated carbocycles. The molecule has 0 atom stereocenters. The Labute approximate surface area is 114 Å². The Kier molecular flexibility index (Phi) is 4.27. The second-order valence-electron chi connectivity index (χ2n) is 5.16. The largest absolute Gasteiger partial charge is 0.399 e. The summed E-state index contributed by atoms with van der Waals surface area (Å²) in [5.41, 5.74) is 13.0. The van der Waals surface area contributed by atoms with Crippen LogP contribution in [0.4, 0.5) is 11.4 Å². The molecule has 1 aromatic carbocycles. The van der Waals surface area contributed by atoms with Crippen LogP contribution in [0.1, 0.15) is 23.2 Å². The van der Waals surface area contributed by atoms with Crippen molar-refractivity contribution in [1.82, 2.24) is 9.80 Å². The number of carbonyl (C=O) groups is 1. The van der Waals surface area contributed by atoms with E-state index < -0.39 is 0 Å². The molecule has 1 aliphatic rings. The fourth-order valence-electron chi connectivity index (χ4n) is 2.42. The predicted octanol–water partition coefficient (Wildman–Crippen LogP) is 1.02. The molecule has 1 amide bonds. The van der Waals surface area contributed by atoms with E-state index in [0.29, 0.717) is 16.9 Å². The number of likely N-dealkylation sites (tertiary alicyclic amines) is 1. The molecule has 0 unspecified atom stereocenters. The summed E-state index contributed by atoms with van der Waals surface area (Å²) in [4.78, 5) is 16.4. The van der Waals surface area contributed by atoms with E-state index in [-0.39, 0.29) is 5.91 Å². The average Bonchev–Trinajstić information content (AvgIpc) is 2.87. The maximum atomic E-state index is 12.3. The molecule has 4 N–H and O–H groups in total. The van der Waals surface area contributed by atoms with Gasteiger partial charge in [0.25, 0.3) is 5.91 Å². The second-order valence-corrected chi connectivity index (χ2v) is 5.16. The standard InChI is InChI=1S/C14H22N4O/c1-17(6-7-18-4-2-3-5-18)14(19)11-8-12(15)10-13(16)9-11/h8-10H,2-7,15-16H2,1H3. The lowest BCUT2D eigenvalue weighted by molar-refractivity contribution is 0.0782. The van der Waals surface area contributed by atoms with Gasteiger partial charge < -0.3 is 21.3 Å². The molecule has 1 saturated heterocycles. The van der Waals surface area contributed by atoms with Crippen molar-refractivity contribution in [2.45, 2.75) is 12.8 Å². The highest BCUT2D eigenvalue weighted by Crippen LogP contribution is 2.15. The summed E-state index contributed by atoms with van der Waals surface area (Å²) >= 11 is 0. The van der Waals surface area contributed by atoms with Gasteiger partial charge in [-0.05, 0) is 44.1 Å². The van der Waals surface area contributed by atoms with Crippen LogP contribution in [0, 0.1) is 0 Å². The molecule has 19 heavy (non-hydrogen) atoms. The van der Waals surface area contributed by atoms with Crippen LogP contribution in [0.25, 0.3) is 0 Å². The van der Waals surface area contributed by atoms with Crippen LogP contribution in [0.5, 0.6) is 0 Å². The monoisotopic (exact) mass is 262 g/mol. The number of nitrogen functional groups attached to an aromatic ring is 2. The molecule has 1 heterocycles. The Bertz CT molecular complexity index is 435. The minimum atomic E-state index is -0.0294. The first-order valence-corrected chi connectivity index (χ1v) is 6.70.